The number of nitrogens with one attached hydrogen (secondary N) is 1. The first-order valence-electron chi connectivity index (χ1n) is 3.56. The zero-order chi connectivity index (χ0) is 8.97. The van der Waals surface area contributed by atoms with Gasteiger partial charge in [-0.1, -0.05) is 5.16 Å². The number of hydrogen-bond acceptors (Lipinski definition) is 4. The van der Waals surface area contributed by atoms with E-state index in [2.05, 4.69) is 23.1 Å². The quantitative estimate of drug-likeness (QED) is 0.681. The molecule has 1 N–H and O–H groups in total. The van der Waals surface area contributed by atoms with Gasteiger partial charge in [0.05, 0.1) is 5.69 Å². The molecule has 1 aromatic heterocycles. The second-order valence-corrected chi connectivity index (χ2v) is 2.76. The Morgan fingerprint density at radius 2 is 2.58 bits per heavy atom. The van der Waals surface area contributed by atoms with E-state index in [1.807, 2.05) is 0 Å². The van der Waals surface area contributed by atoms with Crippen LogP contribution in [0.5, 0.6) is 0 Å². The number of nitrogens with zero attached hydrogens (tertiary/aromatic N) is 1. The highest BCUT2D eigenvalue weighted by molar-refractivity contribution is 7.80. The Bertz CT molecular complexity index is 272. The van der Waals surface area contributed by atoms with Crippen LogP contribution in [0.15, 0.2) is 10.6 Å². The van der Waals surface area contributed by atoms with Crippen LogP contribution >= 0.6 is 12.6 Å². The van der Waals surface area contributed by atoms with Gasteiger partial charge in [0.1, 0.15) is 0 Å². The maximum Gasteiger partial charge on any atom is 0.289 e. The van der Waals surface area contributed by atoms with E-state index in [0.717, 1.165) is 0 Å². The molecule has 0 bridgehead atoms. The van der Waals surface area contributed by atoms with E-state index in [9.17, 15) is 4.79 Å². The predicted octanol–water partition coefficient (Wildman–Crippen LogP) is 0.643. The molecule has 1 heterocycles. The van der Waals surface area contributed by atoms with Gasteiger partial charge in [0.25, 0.3) is 5.91 Å². The molecule has 0 aliphatic carbocycles. The average molecular weight is 186 g/mol. The van der Waals surface area contributed by atoms with Gasteiger partial charge in [-0.25, -0.2) is 0 Å². The number of carbonyl (C=O) groups excluding carboxylic acids is 1. The van der Waals surface area contributed by atoms with Crippen molar-refractivity contribution in [1.82, 2.24) is 10.5 Å². The molecule has 0 saturated carbocycles. The maximum atomic E-state index is 11.1. The van der Waals surface area contributed by atoms with Crippen molar-refractivity contribution in [1.29, 1.82) is 0 Å². The molecule has 0 aliphatic rings. The van der Waals surface area contributed by atoms with E-state index < -0.39 is 0 Å². The first kappa shape index (κ1) is 9.12. The van der Waals surface area contributed by atoms with Crippen LogP contribution in [0.25, 0.3) is 0 Å². The molecular formula is C7H10N2O2S. The minimum Gasteiger partial charge on any atom is -0.351 e. The standard InChI is InChI=1S/C7H10N2O2S/c1-5-4-6(11-9-5)7(10)8-2-3-12/h4,12H,2-3H2,1H3,(H,8,10). The minimum atomic E-state index is -0.246. The summed E-state index contributed by atoms with van der Waals surface area (Å²) in [5.41, 5.74) is 0.700. The topological polar surface area (TPSA) is 55.1 Å². The monoisotopic (exact) mass is 186 g/mol. The van der Waals surface area contributed by atoms with E-state index in [1.54, 1.807) is 13.0 Å². The molecule has 0 fully saturated rings. The second kappa shape index (κ2) is 4.15. The summed E-state index contributed by atoms with van der Waals surface area (Å²) in [5, 5.41) is 6.20. The molecule has 12 heavy (non-hydrogen) atoms. The molecular weight excluding hydrogens is 176 g/mol. The summed E-state index contributed by atoms with van der Waals surface area (Å²) in [4.78, 5) is 11.1. The van der Waals surface area contributed by atoms with E-state index >= 15 is 0 Å². The maximum absolute atomic E-state index is 11.1. The van der Waals surface area contributed by atoms with Gasteiger partial charge in [0, 0.05) is 18.4 Å². The lowest BCUT2D eigenvalue weighted by Gasteiger charge is -1.96. The lowest BCUT2D eigenvalue weighted by molar-refractivity contribution is 0.0919. The van der Waals surface area contributed by atoms with Crippen molar-refractivity contribution in [3.8, 4) is 0 Å². The normalized spacial score (nSPS) is 9.83. The van der Waals surface area contributed by atoms with E-state index in [0.29, 0.717) is 18.0 Å². The SMILES string of the molecule is Cc1cc(C(=O)NCCS)on1. The number of thiol groups is 1. The smallest absolute Gasteiger partial charge is 0.289 e. The second-order valence-electron chi connectivity index (χ2n) is 2.31. The predicted molar refractivity (Wildman–Crippen MR) is 47.4 cm³/mol. The van der Waals surface area contributed by atoms with Crippen LogP contribution in [0, 0.1) is 6.92 Å². The highest BCUT2D eigenvalue weighted by Crippen LogP contribution is 2.00. The first-order valence-corrected chi connectivity index (χ1v) is 4.19. The van der Waals surface area contributed by atoms with Crippen LogP contribution in [0.4, 0.5) is 0 Å². The van der Waals surface area contributed by atoms with Gasteiger partial charge in [-0.15, -0.1) is 0 Å². The number of amides is 1. The number of aromatic nitrogens is 1. The van der Waals surface area contributed by atoms with E-state index in [-0.39, 0.29) is 11.7 Å². The third-order valence-electron chi connectivity index (χ3n) is 1.25. The number of rotatable bonds is 3. The number of carbonyl (C=O) groups is 1. The fraction of sp³-hybridized carbons (Fsp3) is 0.429. The zero-order valence-electron chi connectivity index (χ0n) is 6.70. The molecule has 0 unspecified atom stereocenters. The molecule has 0 atom stereocenters. The fourth-order valence-electron chi connectivity index (χ4n) is 0.727. The minimum absolute atomic E-state index is 0.245. The Balaban J connectivity index is 2.53. The van der Waals surface area contributed by atoms with E-state index in [1.165, 1.54) is 0 Å². The van der Waals surface area contributed by atoms with Crippen molar-refractivity contribution in [3.63, 3.8) is 0 Å². The summed E-state index contributed by atoms with van der Waals surface area (Å²) in [6, 6.07) is 1.59. The van der Waals surface area contributed by atoms with Gasteiger partial charge in [0.15, 0.2) is 0 Å². The summed E-state index contributed by atoms with van der Waals surface area (Å²) >= 11 is 3.95. The van der Waals surface area contributed by atoms with Gasteiger partial charge in [-0.3, -0.25) is 4.79 Å². The van der Waals surface area contributed by atoms with Crippen molar-refractivity contribution in [3.05, 3.63) is 17.5 Å². The third-order valence-corrected chi connectivity index (χ3v) is 1.47. The lowest BCUT2D eigenvalue weighted by atomic mass is 10.4. The Morgan fingerprint density at radius 1 is 1.83 bits per heavy atom. The molecule has 1 rings (SSSR count). The average Bonchev–Trinajstić information content (AvgIpc) is 2.47. The van der Waals surface area contributed by atoms with Crippen molar-refractivity contribution in [2.24, 2.45) is 0 Å². The third kappa shape index (κ3) is 2.27. The molecule has 0 saturated heterocycles. The molecule has 1 amide bonds. The molecule has 4 nitrogen and oxygen atoms in total. The molecule has 0 spiro atoms. The van der Waals surface area contributed by atoms with Crippen LogP contribution < -0.4 is 5.32 Å². The molecule has 5 heteroatoms. The number of aryl methyl sites for hydroxylation is 1. The van der Waals surface area contributed by atoms with Gasteiger partial charge < -0.3 is 9.84 Å². The summed E-state index contributed by atoms with van der Waals surface area (Å²) in [6.07, 6.45) is 0. The Hall–Kier alpha value is -0.970. The fourth-order valence-corrected chi connectivity index (χ4v) is 0.839. The number of hydrogen-bond donors (Lipinski definition) is 2. The summed E-state index contributed by atoms with van der Waals surface area (Å²) in [6.45, 7) is 2.29. The zero-order valence-corrected chi connectivity index (χ0v) is 7.60. The Labute approximate surface area is 75.7 Å². The molecule has 0 aliphatic heterocycles. The van der Waals surface area contributed by atoms with Crippen LogP contribution in [0.1, 0.15) is 16.2 Å². The van der Waals surface area contributed by atoms with Crippen molar-refractivity contribution in [2.45, 2.75) is 6.92 Å². The van der Waals surface area contributed by atoms with Crippen LogP contribution in [-0.2, 0) is 0 Å². The van der Waals surface area contributed by atoms with Crippen molar-refractivity contribution < 1.29 is 9.32 Å². The van der Waals surface area contributed by atoms with Crippen LogP contribution in [-0.4, -0.2) is 23.4 Å². The summed E-state index contributed by atoms with van der Waals surface area (Å²) in [7, 11) is 0. The Kier molecular flexibility index (Phi) is 3.16. The Morgan fingerprint density at radius 3 is 3.08 bits per heavy atom. The molecule has 1 aromatic rings. The van der Waals surface area contributed by atoms with Gasteiger partial charge >= 0.3 is 0 Å². The highest BCUT2D eigenvalue weighted by Gasteiger charge is 2.09. The highest BCUT2D eigenvalue weighted by atomic mass is 32.1. The summed E-state index contributed by atoms with van der Waals surface area (Å²) in [5.74, 6) is 0.609. The van der Waals surface area contributed by atoms with Crippen LogP contribution in [0.3, 0.4) is 0 Å². The first-order chi connectivity index (χ1) is 5.74. The largest absolute Gasteiger partial charge is 0.351 e. The lowest BCUT2D eigenvalue weighted by Crippen LogP contribution is -2.24. The molecule has 0 aromatic carbocycles. The van der Waals surface area contributed by atoms with E-state index in [4.69, 9.17) is 4.52 Å². The molecule has 0 radical (unpaired) electrons. The van der Waals surface area contributed by atoms with Crippen molar-refractivity contribution in [2.75, 3.05) is 12.3 Å². The summed E-state index contributed by atoms with van der Waals surface area (Å²) < 4.78 is 4.74. The van der Waals surface area contributed by atoms with Gasteiger partial charge in [-0.2, -0.15) is 12.6 Å². The van der Waals surface area contributed by atoms with Crippen LogP contribution in [0.2, 0.25) is 0 Å². The molecule has 66 valence electrons. The van der Waals surface area contributed by atoms with Crippen molar-refractivity contribution >= 4 is 18.5 Å². The van der Waals surface area contributed by atoms with Gasteiger partial charge in [-0.05, 0) is 6.92 Å². The van der Waals surface area contributed by atoms with Gasteiger partial charge in [0.2, 0.25) is 5.76 Å².